The molecule has 2 aromatic rings. The summed E-state index contributed by atoms with van der Waals surface area (Å²) in [6.45, 7) is 4.46. The van der Waals surface area contributed by atoms with E-state index in [0.717, 1.165) is 11.3 Å². The van der Waals surface area contributed by atoms with Gasteiger partial charge in [-0.1, -0.05) is 12.1 Å². The Bertz CT molecular complexity index is 531. The molecule has 0 fully saturated rings. The molecule has 0 atom stereocenters. The lowest BCUT2D eigenvalue weighted by Crippen LogP contribution is -2.36. The van der Waals surface area contributed by atoms with Crippen molar-refractivity contribution in [2.75, 3.05) is 4.90 Å². The van der Waals surface area contributed by atoms with E-state index in [2.05, 4.69) is 10.2 Å². The first-order chi connectivity index (χ1) is 9.13. The van der Waals surface area contributed by atoms with Crippen LogP contribution < -0.4 is 10.6 Å². The van der Waals surface area contributed by atoms with Gasteiger partial charge in [0.05, 0.1) is 11.8 Å². The van der Waals surface area contributed by atoms with E-state index in [1.54, 1.807) is 11.1 Å². The van der Waals surface area contributed by atoms with Crippen molar-refractivity contribution in [3.05, 3.63) is 47.8 Å². The molecule has 19 heavy (non-hydrogen) atoms. The van der Waals surface area contributed by atoms with Crippen molar-refractivity contribution < 1.29 is 4.79 Å². The van der Waals surface area contributed by atoms with Gasteiger partial charge in [0.25, 0.3) is 5.91 Å². The average molecular weight is 258 g/mol. The minimum absolute atomic E-state index is 0.0612. The van der Waals surface area contributed by atoms with E-state index in [0.29, 0.717) is 12.1 Å². The van der Waals surface area contributed by atoms with E-state index < -0.39 is 0 Å². The van der Waals surface area contributed by atoms with Crippen molar-refractivity contribution in [1.29, 1.82) is 0 Å². The molecular formula is C14H18N4O. The quantitative estimate of drug-likeness (QED) is 0.879. The third-order valence-corrected chi connectivity index (χ3v) is 2.93. The summed E-state index contributed by atoms with van der Waals surface area (Å²) in [4.78, 5) is 14.2. The normalized spacial score (nSPS) is 10.7. The third-order valence-electron chi connectivity index (χ3n) is 2.93. The zero-order valence-corrected chi connectivity index (χ0v) is 11.1. The molecule has 1 aromatic heterocycles. The van der Waals surface area contributed by atoms with Gasteiger partial charge in [-0.05, 0) is 31.5 Å². The number of rotatable bonds is 4. The highest BCUT2D eigenvalue weighted by Crippen LogP contribution is 2.20. The maximum atomic E-state index is 12.4. The number of H-pyrrole nitrogens is 1. The number of nitrogens with zero attached hydrogens (tertiary/aromatic N) is 2. The first-order valence-electron chi connectivity index (χ1n) is 6.25. The van der Waals surface area contributed by atoms with Crippen LogP contribution in [0.3, 0.4) is 0 Å². The minimum atomic E-state index is -0.0655. The second-order valence-electron chi connectivity index (χ2n) is 4.63. The molecule has 1 aromatic carbocycles. The fraction of sp³-hybridized carbons (Fsp3) is 0.286. The van der Waals surface area contributed by atoms with E-state index in [1.165, 1.54) is 6.20 Å². The van der Waals surface area contributed by atoms with Gasteiger partial charge in [-0.2, -0.15) is 5.10 Å². The molecule has 0 aliphatic rings. The van der Waals surface area contributed by atoms with Gasteiger partial charge < -0.3 is 10.6 Å². The number of carbonyl (C=O) groups excluding carboxylic acids is 1. The highest BCUT2D eigenvalue weighted by molar-refractivity contribution is 6.06. The lowest BCUT2D eigenvalue weighted by Gasteiger charge is -2.26. The van der Waals surface area contributed by atoms with E-state index in [-0.39, 0.29) is 11.9 Å². The molecule has 1 amide bonds. The van der Waals surface area contributed by atoms with Gasteiger partial charge >= 0.3 is 0 Å². The summed E-state index contributed by atoms with van der Waals surface area (Å²) in [5.74, 6) is -0.0655. The maximum absolute atomic E-state index is 12.4. The number of benzene rings is 1. The number of amides is 1. The van der Waals surface area contributed by atoms with Crippen LogP contribution in [0, 0.1) is 0 Å². The van der Waals surface area contributed by atoms with Crippen LogP contribution in [-0.4, -0.2) is 22.1 Å². The molecule has 3 N–H and O–H groups in total. The van der Waals surface area contributed by atoms with E-state index in [4.69, 9.17) is 5.73 Å². The number of hydrogen-bond acceptors (Lipinski definition) is 3. The number of aromatic amines is 1. The lowest BCUT2D eigenvalue weighted by atomic mass is 10.1. The van der Waals surface area contributed by atoms with E-state index >= 15 is 0 Å². The average Bonchev–Trinajstić information content (AvgIpc) is 2.93. The fourth-order valence-electron chi connectivity index (χ4n) is 1.95. The number of nitrogens with two attached hydrogens (primary N) is 1. The smallest absolute Gasteiger partial charge is 0.261 e. The molecule has 2 rings (SSSR count). The molecule has 5 nitrogen and oxygen atoms in total. The molecule has 100 valence electrons. The van der Waals surface area contributed by atoms with Crippen LogP contribution in [0.2, 0.25) is 0 Å². The van der Waals surface area contributed by atoms with Gasteiger partial charge in [0.15, 0.2) is 0 Å². The largest absolute Gasteiger partial charge is 0.326 e. The zero-order valence-electron chi connectivity index (χ0n) is 11.1. The SMILES string of the molecule is CC(C)N(C(=O)c1cn[nH]c1)c1ccc(CN)cc1. The maximum Gasteiger partial charge on any atom is 0.261 e. The summed E-state index contributed by atoms with van der Waals surface area (Å²) in [6, 6.07) is 7.77. The molecule has 0 saturated carbocycles. The van der Waals surface area contributed by atoms with Crippen LogP contribution in [0.25, 0.3) is 0 Å². The fourth-order valence-corrected chi connectivity index (χ4v) is 1.95. The topological polar surface area (TPSA) is 75.0 Å². The Kier molecular flexibility index (Phi) is 3.97. The van der Waals surface area contributed by atoms with Crippen LogP contribution in [0.15, 0.2) is 36.7 Å². The second kappa shape index (κ2) is 5.67. The monoisotopic (exact) mass is 258 g/mol. The van der Waals surface area contributed by atoms with Gasteiger partial charge in [0, 0.05) is 24.5 Å². The van der Waals surface area contributed by atoms with Crippen LogP contribution in [0.4, 0.5) is 5.69 Å². The van der Waals surface area contributed by atoms with E-state index in [1.807, 2.05) is 38.1 Å². The number of nitrogens with one attached hydrogen (secondary N) is 1. The highest BCUT2D eigenvalue weighted by Gasteiger charge is 2.21. The van der Waals surface area contributed by atoms with Crippen LogP contribution in [0.5, 0.6) is 0 Å². The first kappa shape index (κ1) is 13.3. The number of carbonyl (C=O) groups is 1. The summed E-state index contributed by atoms with van der Waals surface area (Å²) in [5, 5.41) is 6.48. The van der Waals surface area contributed by atoms with Crippen molar-refractivity contribution in [2.24, 2.45) is 5.73 Å². The molecular weight excluding hydrogens is 240 g/mol. The predicted octanol–water partition coefficient (Wildman–Crippen LogP) is 1.92. The summed E-state index contributed by atoms with van der Waals surface area (Å²) < 4.78 is 0. The standard InChI is InChI=1S/C14H18N4O/c1-10(2)18(14(19)12-8-16-17-9-12)13-5-3-11(7-15)4-6-13/h3-6,8-10H,7,15H2,1-2H3,(H,16,17). The molecule has 0 aliphatic heterocycles. The van der Waals surface area contributed by atoms with Crippen molar-refractivity contribution in [3.8, 4) is 0 Å². The molecule has 0 saturated heterocycles. The Morgan fingerprint density at radius 2 is 2.05 bits per heavy atom. The summed E-state index contributed by atoms with van der Waals surface area (Å²) in [7, 11) is 0. The first-order valence-corrected chi connectivity index (χ1v) is 6.25. The Labute approximate surface area is 112 Å². The number of hydrogen-bond donors (Lipinski definition) is 2. The van der Waals surface area contributed by atoms with Gasteiger partial charge in [0.2, 0.25) is 0 Å². The molecule has 0 bridgehead atoms. The summed E-state index contributed by atoms with van der Waals surface area (Å²) in [6.07, 6.45) is 3.14. The second-order valence-corrected chi connectivity index (χ2v) is 4.63. The van der Waals surface area contributed by atoms with Crippen LogP contribution in [-0.2, 0) is 6.54 Å². The Morgan fingerprint density at radius 3 is 2.53 bits per heavy atom. The number of anilines is 1. The van der Waals surface area contributed by atoms with Gasteiger partial charge in [-0.3, -0.25) is 9.89 Å². The molecule has 0 radical (unpaired) electrons. The Balaban J connectivity index is 2.31. The van der Waals surface area contributed by atoms with Crippen molar-refractivity contribution in [1.82, 2.24) is 10.2 Å². The molecule has 1 heterocycles. The minimum Gasteiger partial charge on any atom is -0.326 e. The van der Waals surface area contributed by atoms with Crippen molar-refractivity contribution in [3.63, 3.8) is 0 Å². The number of aromatic nitrogens is 2. The van der Waals surface area contributed by atoms with Gasteiger partial charge in [0.1, 0.15) is 0 Å². The van der Waals surface area contributed by atoms with Crippen molar-refractivity contribution in [2.45, 2.75) is 26.4 Å². The van der Waals surface area contributed by atoms with Gasteiger partial charge in [-0.15, -0.1) is 0 Å². The molecule has 5 heteroatoms. The lowest BCUT2D eigenvalue weighted by molar-refractivity contribution is 0.0980. The van der Waals surface area contributed by atoms with Crippen molar-refractivity contribution >= 4 is 11.6 Å². The highest BCUT2D eigenvalue weighted by atomic mass is 16.2. The Morgan fingerprint density at radius 1 is 1.37 bits per heavy atom. The Hall–Kier alpha value is -2.14. The molecule has 0 spiro atoms. The van der Waals surface area contributed by atoms with Crippen LogP contribution >= 0.6 is 0 Å². The van der Waals surface area contributed by atoms with E-state index in [9.17, 15) is 4.79 Å². The summed E-state index contributed by atoms with van der Waals surface area (Å²) >= 11 is 0. The zero-order chi connectivity index (χ0) is 13.8. The van der Waals surface area contributed by atoms with Gasteiger partial charge in [-0.25, -0.2) is 0 Å². The molecule has 0 aliphatic carbocycles. The third kappa shape index (κ3) is 2.82. The molecule has 0 unspecified atom stereocenters. The predicted molar refractivity (Wildman–Crippen MR) is 74.9 cm³/mol. The van der Waals surface area contributed by atoms with Crippen LogP contribution in [0.1, 0.15) is 29.8 Å². The summed E-state index contributed by atoms with van der Waals surface area (Å²) in [5.41, 5.74) is 8.04.